The van der Waals surface area contributed by atoms with Crippen molar-refractivity contribution >= 4 is 5.91 Å². The molecule has 1 rings (SSSR count). The van der Waals surface area contributed by atoms with E-state index < -0.39 is 6.61 Å². The summed E-state index contributed by atoms with van der Waals surface area (Å²) in [5, 5.41) is 2.69. The van der Waals surface area contributed by atoms with Gasteiger partial charge in [0.15, 0.2) is 0 Å². The molecular weight excluding hydrogens is 270 g/mol. The molecule has 112 valence electrons. The van der Waals surface area contributed by atoms with Gasteiger partial charge in [-0.25, -0.2) is 0 Å². The van der Waals surface area contributed by atoms with Crippen LogP contribution in [-0.2, 0) is 4.74 Å². The number of benzene rings is 1. The zero-order valence-corrected chi connectivity index (χ0v) is 11.1. The average Bonchev–Trinajstić information content (AvgIpc) is 2.39. The van der Waals surface area contributed by atoms with Gasteiger partial charge in [0.2, 0.25) is 0 Å². The molecule has 1 aromatic carbocycles. The SMILES string of the molecule is COCC(N)CCNC(=O)c1ccc(OC(F)F)cc1. The molecule has 20 heavy (non-hydrogen) atoms. The van der Waals surface area contributed by atoms with E-state index in [9.17, 15) is 13.6 Å². The molecule has 1 atom stereocenters. The summed E-state index contributed by atoms with van der Waals surface area (Å²) in [5.41, 5.74) is 6.08. The van der Waals surface area contributed by atoms with Crippen LogP contribution in [0, 0.1) is 0 Å². The number of rotatable bonds is 8. The lowest BCUT2D eigenvalue weighted by Crippen LogP contribution is -2.32. The number of halogens is 2. The molecule has 0 heterocycles. The van der Waals surface area contributed by atoms with E-state index in [1.54, 1.807) is 7.11 Å². The summed E-state index contributed by atoms with van der Waals surface area (Å²) in [6.45, 7) is -2.04. The molecule has 0 aromatic heterocycles. The minimum atomic E-state index is -2.88. The van der Waals surface area contributed by atoms with Gasteiger partial charge in [0.25, 0.3) is 5.91 Å². The first-order chi connectivity index (χ1) is 9.52. The first kappa shape index (κ1) is 16.3. The standard InChI is InChI=1S/C13H18F2N2O3/c1-19-8-10(16)6-7-17-12(18)9-2-4-11(5-3-9)20-13(14)15/h2-5,10,13H,6-8,16H2,1H3,(H,17,18). The third-order valence-electron chi connectivity index (χ3n) is 2.52. The molecule has 0 aliphatic carbocycles. The van der Waals surface area contributed by atoms with E-state index in [1.165, 1.54) is 24.3 Å². The summed E-state index contributed by atoms with van der Waals surface area (Å²) in [7, 11) is 1.56. The van der Waals surface area contributed by atoms with Crippen molar-refractivity contribution in [2.75, 3.05) is 20.3 Å². The number of hydrogen-bond acceptors (Lipinski definition) is 4. The van der Waals surface area contributed by atoms with Crippen LogP contribution >= 0.6 is 0 Å². The van der Waals surface area contributed by atoms with Crippen molar-refractivity contribution in [2.45, 2.75) is 19.1 Å². The lowest BCUT2D eigenvalue weighted by atomic mass is 10.2. The van der Waals surface area contributed by atoms with E-state index in [0.717, 1.165) is 0 Å². The molecule has 0 saturated heterocycles. The van der Waals surface area contributed by atoms with Gasteiger partial charge in [0.05, 0.1) is 6.61 Å². The van der Waals surface area contributed by atoms with Crippen LogP contribution in [0.25, 0.3) is 0 Å². The van der Waals surface area contributed by atoms with Gasteiger partial charge < -0.3 is 20.5 Å². The normalized spacial score (nSPS) is 12.2. The Morgan fingerprint density at radius 3 is 2.55 bits per heavy atom. The van der Waals surface area contributed by atoms with Crippen LogP contribution in [0.15, 0.2) is 24.3 Å². The van der Waals surface area contributed by atoms with E-state index in [1.807, 2.05) is 0 Å². The fourth-order valence-corrected chi connectivity index (χ4v) is 1.56. The minimum Gasteiger partial charge on any atom is -0.435 e. The van der Waals surface area contributed by atoms with E-state index >= 15 is 0 Å². The Labute approximate surface area is 116 Å². The van der Waals surface area contributed by atoms with E-state index in [0.29, 0.717) is 25.1 Å². The third-order valence-corrected chi connectivity index (χ3v) is 2.52. The molecule has 0 bridgehead atoms. The Bertz CT molecular complexity index is 413. The minimum absolute atomic E-state index is 0.0127. The Morgan fingerprint density at radius 2 is 2.00 bits per heavy atom. The summed E-state index contributed by atoms with van der Waals surface area (Å²) in [6.07, 6.45) is 0.589. The Kier molecular flexibility index (Phi) is 6.89. The van der Waals surface area contributed by atoms with Crippen LogP contribution < -0.4 is 15.8 Å². The third kappa shape index (κ3) is 5.94. The van der Waals surface area contributed by atoms with Crippen LogP contribution in [-0.4, -0.2) is 38.8 Å². The quantitative estimate of drug-likeness (QED) is 0.758. The van der Waals surface area contributed by atoms with E-state index in [-0.39, 0.29) is 17.7 Å². The average molecular weight is 288 g/mol. The monoisotopic (exact) mass is 288 g/mol. The Balaban J connectivity index is 2.39. The molecule has 1 amide bonds. The topological polar surface area (TPSA) is 73.6 Å². The summed E-state index contributed by atoms with van der Waals surface area (Å²) in [5.74, 6) is -0.281. The maximum absolute atomic E-state index is 12.0. The Morgan fingerprint density at radius 1 is 1.35 bits per heavy atom. The molecule has 3 N–H and O–H groups in total. The second-order valence-corrected chi connectivity index (χ2v) is 4.16. The predicted octanol–water partition coefficient (Wildman–Crippen LogP) is 1.38. The van der Waals surface area contributed by atoms with Crippen molar-refractivity contribution < 1.29 is 23.0 Å². The van der Waals surface area contributed by atoms with Gasteiger partial charge in [-0.1, -0.05) is 0 Å². The fraction of sp³-hybridized carbons (Fsp3) is 0.462. The molecule has 0 fully saturated rings. The lowest BCUT2D eigenvalue weighted by molar-refractivity contribution is -0.0498. The van der Waals surface area contributed by atoms with Crippen LogP contribution in [0.5, 0.6) is 5.75 Å². The molecule has 1 unspecified atom stereocenters. The largest absolute Gasteiger partial charge is 0.435 e. The summed E-state index contributed by atoms with van der Waals surface area (Å²) >= 11 is 0. The van der Waals surface area contributed by atoms with Crippen LogP contribution in [0.1, 0.15) is 16.8 Å². The smallest absolute Gasteiger partial charge is 0.387 e. The van der Waals surface area contributed by atoms with E-state index in [4.69, 9.17) is 10.5 Å². The first-order valence-electron chi connectivity index (χ1n) is 6.10. The van der Waals surface area contributed by atoms with Crippen molar-refractivity contribution in [3.05, 3.63) is 29.8 Å². The number of hydrogen-bond donors (Lipinski definition) is 2. The zero-order valence-electron chi connectivity index (χ0n) is 11.1. The zero-order chi connectivity index (χ0) is 15.0. The summed E-state index contributed by atoms with van der Waals surface area (Å²) in [4.78, 5) is 11.7. The number of carbonyl (C=O) groups excluding carboxylic acids is 1. The van der Waals surface area contributed by atoms with Gasteiger partial charge in [-0.3, -0.25) is 4.79 Å². The van der Waals surface area contributed by atoms with Crippen molar-refractivity contribution in [2.24, 2.45) is 5.73 Å². The molecule has 0 aliphatic heterocycles. The Hall–Kier alpha value is -1.73. The molecule has 0 aliphatic rings. The highest BCUT2D eigenvalue weighted by Gasteiger charge is 2.08. The van der Waals surface area contributed by atoms with Gasteiger partial charge >= 0.3 is 6.61 Å². The first-order valence-corrected chi connectivity index (χ1v) is 6.10. The number of nitrogens with one attached hydrogen (secondary N) is 1. The molecular formula is C13H18F2N2O3. The highest BCUT2D eigenvalue weighted by atomic mass is 19.3. The second-order valence-electron chi connectivity index (χ2n) is 4.16. The number of nitrogens with two attached hydrogens (primary N) is 1. The fourth-order valence-electron chi connectivity index (χ4n) is 1.56. The van der Waals surface area contributed by atoms with Gasteiger partial charge in [0.1, 0.15) is 5.75 Å². The molecule has 7 heteroatoms. The van der Waals surface area contributed by atoms with Gasteiger partial charge in [-0.05, 0) is 30.7 Å². The molecule has 0 radical (unpaired) electrons. The van der Waals surface area contributed by atoms with Gasteiger partial charge in [0, 0.05) is 25.3 Å². The number of carbonyl (C=O) groups is 1. The predicted molar refractivity (Wildman–Crippen MR) is 69.9 cm³/mol. The molecule has 0 saturated carbocycles. The van der Waals surface area contributed by atoms with Gasteiger partial charge in [-0.2, -0.15) is 8.78 Å². The maximum Gasteiger partial charge on any atom is 0.387 e. The summed E-state index contributed by atoms with van der Waals surface area (Å²) < 4.78 is 33.0. The van der Waals surface area contributed by atoms with Crippen molar-refractivity contribution in [1.82, 2.24) is 5.32 Å². The number of amides is 1. The molecule has 1 aromatic rings. The van der Waals surface area contributed by atoms with Crippen LogP contribution in [0.2, 0.25) is 0 Å². The van der Waals surface area contributed by atoms with Gasteiger partial charge in [-0.15, -0.1) is 0 Å². The number of methoxy groups -OCH3 is 1. The van der Waals surface area contributed by atoms with Crippen molar-refractivity contribution in [3.8, 4) is 5.75 Å². The second kappa shape index (κ2) is 8.44. The van der Waals surface area contributed by atoms with Crippen LogP contribution in [0.3, 0.4) is 0 Å². The number of alkyl halides is 2. The maximum atomic E-state index is 12.0. The lowest BCUT2D eigenvalue weighted by Gasteiger charge is -2.11. The number of ether oxygens (including phenoxy) is 2. The van der Waals surface area contributed by atoms with Crippen LogP contribution in [0.4, 0.5) is 8.78 Å². The summed E-state index contributed by atoms with van der Waals surface area (Å²) in [6, 6.07) is 5.34. The molecule has 0 spiro atoms. The molecule has 5 nitrogen and oxygen atoms in total. The highest BCUT2D eigenvalue weighted by molar-refractivity contribution is 5.94. The highest BCUT2D eigenvalue weighted by Crippen LogP contribution is 2.14. The van der Waals surface area contributed by atoms with Crippen molar-refractivity contribution in [1.29, 1.82) is 0 Å². The van der Waals surface area contributed by atoms with E-state index in [2.05, 4.69) is 10.1 Å². The van der Waals surface area contributed by atoms with Crippen molar-refractivity contribution in [3.63, 3.8) is 0 Å².